The maximum absolute atomic E-state index is 10.4. The van der Waals surface area contributed by atoms with Crippen LogP contribution in [-0.2, 0) is 4.79 Å². The van der Waals surface area contributed by atoms with Gasteiger partial charge in [-0.2, -0.15) is 0 Å². The van der Waals surface area contributed by atoms with Crippen molar-refractivity contribution in [2.45, 2.75) is 160 Å². The molecule has 3 N–H and O–H groups in total. The van der Waals surface area contributed by atoms with Gasteiger partial charge in [-0.3, -0.25) is 4.79 Å². The highest BCUT2D eigenvalue weighted by Crippen LogP contribution is 2.16. The average Bonchev–Trinajstić information content (AvgIpc) is 2.73. The number of hydrogen-bond donors (Lipinski definition) is 3. The molecule has 4 nitrogen and oxygen atoms in total. The third-order valence-corrected chi connectivity index (χ3v) is 6.23. The maximum atomic E-state index is 10.4. The van der Waals surface area contributed by atoms with E-state index < -0.39 is 5.97 Å². The minimum Gasteiger partial charge on any atom is -0.481 e. The molecule has 0 aromatic carbocycles. The molecule has 2 atom stereocenters. The molecule has 180 valence electrons. The molecule has 0 bridgehead atoms. The molecule has 0 aliphatic carbocycles. The highest BCUT2D eigenvalue weighted by atomic mass is 16.4. The number of unbranched alkanes of at least 4 members (excludes halogenated alkanes) is 16. The molecule has 0 saturated heterocycles. The van der Waals surface area contributed by atoms with Gasteiger partial charge in [-0.25, -0.2) is 0 Å². The summed E-state index contributed by atoms with van der Waals surface area (Å²) < 4.78 is 0. The molecular weight excluding hydrogens is 376 g/mol. The number of aliphatic hydroxyl groups is 2. The van der Waals surface area contributed by atoms with Crippen molar-refractivity contribution in [3.05, 3.63) is 0 Å². The van der Waals surface area contributed by atoms with Crippen LogP contribution in [0.25, 0.3) is 0 Å². The fourth-order valence-electron chi connectivity index (χ4n) is 4.04. The molecule has 0 aliphatic rings. The number of hydrogen-bond acceptors (Lipinski definition) is 3. The fourth-order valence-corrected chi connectivity index (χ4v) is 4.04. The standard InChI is InChI=1S/C26H52O4/c1-2-24(27)22-23-25(28)20-18-16-14-12-10-8-6-4-3-5-7-9-11-13-15-17-19-21-26(29)30/h24-25,27-28H,2-23H2,1H3,(H,29,30). The van der Waals surface area contributed by atoms with Gasteiger partial charge in [0.05, 0.1) is 12.2 Å². The Bertz CT molecular complexity index is 359. The third-order valence-electron chi connectivity index (χ3n) is 6.23. The Labute approximate surface area is 186 Å². The fraction of sp³-hybridized carbons (Fsp3) is 0.962. The lowest BCUT2D eigenvalue weighted by molar-refractivity contribution is -0.137. The molecule has 30 heavy (non-hydrogen) atoms. The van der Waals surface area contributed by atoms with Crippen molar-refractivity contribution in [2.75, 3.05) is 0 Å². The Kier molecular flexibility index (Phi) is 22.6. The van der Waals surface area contributed by atoms with Crippen molar-refractivity contribution >= 4 is 5.97 Å². The van der Waals surface area contributed by atoms with Gasteiger partial charge in [0, 0.05) is 6.42 Å². The van der Waals surface area contributed by atoms with E-state index in [0.29, 0.717) is 6.42 Å². The summed E-state index contributed by atoms with van der Waals surface area (Å²) in [6.45, 7) is 1.98. The predicted octanol–water partition coefficient (Wildman–Crippen LogP) is 7.39. The molecule has 0 fully saturated rings. The lowest BCUT2D eigenvalue weighted by Gasteiger charge is -2.12. The molecule has 0 aromatic rings. The molecule has 0 saturated carbocycles. The first-order valence-corrected chi connectivity index (χ1v) is 13.1. The van der Waals surface area contributed by atoms with Gasteiger partial charge in [0.25, 0.3) is 0 Å². The zero-order valence-electron chi connectivity index (χ0n) is 20.0. The smallest absolute Gasteiger partial charge is 0.303 e. The zero-order chi connectivity index (χ0) is 22.3. The molecule has 0 spiro atoms. The van der Waals surface area contributed by atoms with Crippen LogP contribution in [-0.4, -0.2) is 33.5 Å². The zero-order valence-corrected chi connectivity index (χ0v) is 20.0. The van der Waals surface area contributed by atoms with E-state index in [0.717, 1.165) is 44.9 Å². The van der Waals surface area contributed by atoms with Crippen LogP contribution in [0.5, 0.6) is 0 Å². The first-order valence-electron chi connectivity index (χ1n) is 13.1. The number of aliphatic hydroxyl groups excluding tert-OH is 2. The van der Waals surface area contributed by atoms with E-state index in [9.17, 15) is 15.0 Å². The monoisotopic (exact) mass is 428 g/mol. The van der Waals surface area contributed by atoms with Gasteiger partial charge in [-0.15, -0.1) is 0 Å². The van der Waals surface area contributed by atoms with Crippen molar-refractivity contribution in [2.24, 2.45) is 0 Å². The molecule has 0 aliphatic heterocycles. The van der Waals surface area contributed by atoms with Crippen LogP contribution < -0.4 is 0 Å². The minimum absolute atomic E-state index is 0.227. The van der Waals surface area contributed by atoms with Gasteiger partial charge in [0.1, 0.15) is 0 Å². The third kappa shape index (κ3) is 23.7. The van der Waals surface area contributed by atoms with Crippen molar-refractivity contribution in [1.29, 1.82) is 0 Å². The maximum Gasteiger partial charge on any atom is 0.303 e. The van der Waals surface area contributed by atoms with E-state index >= 15 is 0 Å². The number of aliphatic carboxylic acids is 1. The first kappa shape index (κ1) is 29.4. The van der Waals surface area contributed by atoms with E-state index in [1.807, 2.05) is 6.92 Å². The van der Waals surface area contributed by atoms with Crippen LogP contribution in [0.1, 0.15) is 148 Å². The molecule has 0 heterocycles. The normalized spacial score (nSPS) is 13.4. The molecule has 0 radical (unpaired) electrons. The summed E-state index contributed by atoms with van der Waals surface area (Å²) in [7, 11) is 0. The quantitative estimate of drug-likeness (QED) is 0.140. The number of rotatable bonds is 24. The summed E-state index contributed by atoms with van der Waals surface area (Å²) in [6, 6.07) is 0. The van der Waals surface area contributed by atoms with E-state index in [-0.39, 0.29) is 12.2 Å². The van der Waals surface area contributed by atoms with Crippen LogP contribution in [0.2, 0.25) is 0 Å². The molecule has 2 unspecified atom stereocenters. The first-order chi connectivity index (χ1) is 14.6. The summed E-state index contributed by atoms with van der Waals surface area (Å²) >= 11 is 0. The predicted molar refractivity (Wildman–Crippen MR) is 127 cm³/mol. The lowest BCUT2D eigenvalue weighted by atomic mass is 10.0. The summed E-state index contributed by atoms with van der Waals surface area (Å²) in [5, 5.41) is 28.0. The topological polar surface area (TPSA) is 77.8 Å². The molecule has 0 rings (SSSR count). The Morgan fingerprint density at radius 1 is 0.533 bits per heavy atom. The number of carboxylic acid groups (broad SMARTS) is 1. The van der Waals surface area contributed by atoms with E-state index in [1.165, 1.54) is 89.9 Å². The van der Waals surface area contributed by atoms with Crippen LogP contribution in [0.15, 0.2) is 0 Å². The molecule has 0 amide bonds. The van der Waals surface area contributed by atoms with Gasteiger partial charge in [0.15, 0.2) is 0 Å². The van der Waals surface area contributed by atoms with E-state index in [4.69, 9.17) is 5.11 Å². The number of carboxylic acids is 1. The second kappa shape index (κ2) is 23.1. The summed E-state index contributed by atoms with van der Waals surface area (Å²) in [6.07, 6.45) is 24.6. The second-order valence-electron chi connectivity index (χ2n) is 9.24. The highest BCUT2D eigenvalue weighted by Gasteiger charge is 2.07. The second-order valence-corrected chi connectivity index (χ2v) is 9.24. The van der Waals surface area contributed by atoms with E-state index in [2.05, 4.69) is 0 Å². The summed E-state index contributed by atoms with van der Waals surface area (Å²) in [5.74, 6) is -0.665. The lowest BCUT2D eigenvalue weighted by Crippen LogP contribution is -2.12. The highest BCUT2D eigenvalue weighted by molar-refractivity contribution is 5.66. The van der Waals surface area contributed by atoms with Crippen molar-refractivity contribution in [3.63, 3.8) is 0 Å². The van der Waals surface area contributed by atoms with Gasteiger partial charge < -0.3 is 15.3 Å². The Hall–Kier alpha value is -0.610. The van der Waals surface area contributed by atoms with Crippen molar-refractivity contribution in [1.82, 2.24) is 0 Å². The van der Waals surface area contributed by atoms with Gasteiger partial charge in [0.2, 0.25) is 0 Å². The molecular formula is C26H52O4. The van der Waals surface area contributed by atoms with Crippen molar-refractivity contribution < 1.29 is 20.1 Å². The summed E-state index contributed by atoms with van der Waals surface area (Å²) in [5.41, 5.74) is 0. The van der Waals surface area contributed by atoms with Crippen LogP contribution in [0.4, 0.5) is 0 Å². The number of carbonyl (C=O) groups is 1. The SMILES string of the molecule is CCC(O)CCC(O)CCCCCCCCCCCCCCCCCCCC(=O)O. The van der Waals surface area contributed by atoms with Gasteiger partial charge >= 0.3 is 5.97 Å². The Morgan fingerprint density at radius 3 is 1.23 bits per heavy atom. The minimum atomic E-state index is -0.665. The summed E-state index contributed by atoms with van der Waals surface area (Å²) in [4.78, 5) is 10.4. The molecule has 0 aromatic heterocycles. The van der Waals surface area contributed by atoms with Crippen LogP contribution >= 0.6 is 0 Å². The Balaban J connectivity index is 3.12. The van der Waals surface area contributed by atoms with E-state index in [1.54, 1.807) is 0 Å². The Morgan fingerprint density at radius 2 is 0.867 bits per heavy atom. The average molecular weight is 429 g/mol. The van der Waals surface area contributed by atoms with Crippen molar-refractivity contribution in [3.8, 4) is 0 Å². The van der Waals surface area contributed by atoms with Gasteiger partial charge in [-0.1, -0.05) is 110 Å². The van der Waals surface area contributed by atoms with Gasteiger partial charge in [-0.05, 0) is 32.1 Å². The van der Waals surface area contributed by atoms with Crippen LogP contribution in [0.3, 0.4) is 0 Å². The van der Waals surface area contributed by atoms with Crippen LogP contribution in [0, 0.1) is 0 Å². The largest absolute Gasteiger partial charge is 0.481 e. The molecule has 4 heteroatoms.